The number of carboxylic acids is 1. The molecule has 98 valence electrons. The van der Waals surface area contributed by atoms with Crippen molar-refractivity contribution in [1.82, 2.24) is 9.88 Å². The zero-order valence-electron chi connectivity index (χ0n) is 10.0. The summed E-state index contributed by atoms with van der Waals surface area (Å²) >= 11 is 1.52. The zero-order chi connectivity index (χ0) is 13.0. The Kier molecular flexibility index (Phi) is 4.30. The number of likely N-dealkylation sites (tertiary alicyclic amines) is 1. The molecule has 2 rings (SSSR count). The van der Waals surface area contributed by atoms with E-state index < -0.39 is 12.0 Å². The van der Waals surface area contributed by atoms with Crippen molar-refractivity contribution in [3.05, 3.63) is 16.6 Å². The highest BCUT2D eigenvalue weighted by atomic mass is 32.1. The van der Waals surface area contributed by atoms with Crippen LogP contribution in [0.15, 0.2) is 11.6 Å². The maximum atomic E-state index is 12.0. The quantitative estimate of drug-likeness (QED) is 0.899. The summed E-state index contributed by atoms with van der Waals surface area (Å²) in [5.41, 5.74) is 0. The Morgan fingerprint density at radius 3 is 3.00 bits per heavy atom. The molecule has 1 atom stereocenters. The van der Waals surface area contributed by atoms with Gasteiger partial charge in [0.15, 0.2) is 0 Å². The maximum absolute atomic E-state index is 12.0. The van der Waals surface area contributed by atoms with Crippen LogP contribution < -0.4 is 0 Å². The predicted octanol–water partition coefficient (Wildman–Crippen LogP) is 1.54. The largest absolute Gasteiger partial charge is 0.480 e. The van der Waals surface area contributed by atoms with Gasteiger partial charge in [0.2, 0.25) is 5.91 Å². The first-order valence-electron chi connectivity index (χ1n) is 6.09. The monoisotopic (exact) mass is 268 g/mol. The number of carbonyl (C=O) groups is 2. The lowest BCUT2D eigenvalue weighted by atomic mass is 10.0. The second kappa shape index (κ2) is 5.95. The van der Waals surface area contributed by atoms with Crippen molar-refractivity contribution in [1.29, 1.82) is 0 Å². The van der Waals surface area contributed by atoms with Crippen LogP contribution in [0.25, 0.3) is 0 Å². The van der Waals surface area contributed by atoms with Gasteiger partial charge >= 0.3 is 5.97 Å². The molecular formula is C12H16N2O3S. The summed E-state index contributed by atoms with van der Waals surface area (Å²) in [5, 5.41) is 11.9. The van der Waals surface area contributed by atoms with E-state index in [1.807, 2.05) is 5.38 Å². The first-order chi connectivity index (χ1) is 8.68. The molecule has 0 bridgehead atoms. The van der Waals surface area contributed by atoms with Crippen LogP contribution in [0, 0.1) is 0 Å². The van der Waals surface area contributed by atoms with E-state index in [1.54, 1.807) is 6.20 Å². The lowest BCUT2D eigenvalue weighted by molar-refractivity contribution is -0.152. The van der Waals surface area contributed by atoms with Crippen LogP contribution in [0.5, 0.6) is 0 Å². The number of aromatic nitrogens is 1. The first kappa shape index (κ1) is 13.0. The van der Waals surface area contributed by atoms with Crippen molar-refractivity contribution in [3.8, 4) is 0 Å². The van der Waals surface area contributed by atoms with E-state index in [2.05, 4.69) is 4.98 Å². The van der Waals surface area contributed by atoms with E-state index in [1.165, 1.54) is 16.2 Å². The van der Waals surface area contributed by atoms with Gasteiger partial charge in [-0.3, -0.25) is 4.79 Å². The number of thiazole rings is 1. The maximum Gasteiger partial charge on any atom is 0.326 e. The van der Waals surface area contributed by atoms with E-state index in [9.17, 15) is 9.59 Å². The van der Waals surface area contributed by atoms with Crippen molar-refractivity contribution in [2.24, 2.45) is 0 Å². The van der Waals surface area contributed by atoms with Crippen molar-refractivity contribution in [3.63, 3.8) is 0 Å². The second-order valence-corrected chi connectivity index (χ2v) is 5.34. The highest BCUT2D eigenvalue weighted by molar-refractivity contribution is 7.09. The molecule has 0 aromatic carbocycles. The molecule has 1 aliphatic heterocycles. The smallest absolute Gasteiger partial charge is 0.326 e. The average molecular weight is 268 g/mol. The van der Waals surface area contributed by atoms with Crippen molar-refractivity contribution in [2.75, 3.05) is 6.54 Å². The molecule has 5 nitrogen and oxygen atoms in total. The van der Waals surface area contributed by atoms with Gasteiger partial charge in [-0.1, -0.05) is 0 Å². The summed E-state index contributed by atoms with van der Waals surface area (Å²) in [6.45, 7) is 0.563. The van der Waals surface area contributed by atoms with Crippen LogP contribution in [-0.2, 0) is 16.0 Å². The zero-order valence-corrected chi connectivity index (χ0v) is 10.9. The molecule has 6 heteroatoms. The Labute approximate surface area is 109 Å². The summed E-state index contributed by atoms with van der Waals surface area (Å²) in [4.78, 5) is 28.8. The number of hydrogen-bond donors (Lipinski definition) is 1. The van der Waals surface area contributed by atoms with Crippen LogP contribution in [-0.4, -0.2) is 39.5 Å². The Hall–Kier alpha value is -1.43. The van der Waals surface area contributed by atoms with Crippen LogP contribution in [0.3, 0.4) is 0 Å². The number of amides is 1. The minimum Gasteiger partial charge on any atom is -0.480 e. The van der Waals surface area contributed by atoms with E-state index in [-0.39, 0.29) is 5.91 Å². The summed E-state index contributed by atoms with van der Waals surface area (Å²) in [5.74, 6) is -0.963. The lowest BCUT2D eigenvalue weighted by Crippen LogP contribution is -2.48. The Balaban J connectivity index is 1.92. The molecular weight excluding hydrogens is 252 g/mol. The number of carboxylic acid groups (broad SMARTS) is 1. The number of hydrogen-bond acceptors (Lipinski definition) is 4. The number of nitrogens with zero attached hydrogens (tertiary/aromatic N) is 2. The number of piperidine rings is 1. The van der Waals surface area contributed by atoms with Crippen LogP contribution in [0.2, 0.25) is 0 Å². The SMILES string of the molecule is O=C(O)[C@H]1CCCCN1C(=O)CCc1nccs1. The standard InChI is InChI=1S/C12H16N2O3S/c15-11(5-4-10-13-6-8-18-10)14-7-2-1-3-9(14)12(16)17/h6,8-9H,1-5,7H2,(H,16,17)/t9-/m1/s1. The fourth-order valence-corrected chi connectivity index (χ4v) is 2.84. The van der Waals surface area contributed by atoms with Crippen LogP contribution in [0.4, 0.5) is 0 Å². The van der Waals surface area contributed by atoms with Crippen molar-refractivity contribution < 1.29 is 14.7 Å². The fraction of sp³-hybridized carbons (Fsp3) is 0.583. The molecule has 0 radical (unpaired) electrons. The molecule has 0 spiro atoms. The molecule has 1 N–H and O–H groups in total. The topological polar surface area (TPSA) is 70.5 Å². The Morgan fingerprint density at radius 2 is 2.33 bits per heavy atom. The molecule has 1 aromatic heterocycles. The van der Waals surface area contributed by atoms with Gasteiger partial charge in [-0.25, -0.2) is 9.78 Å². The molecule has 1 aromatic rings. The highest BCUT2D eigenvalue weighted by Gasteiger charge is 2.31. The Bertz CT molecular complexity index is 419. The van der Waals surface area contributed by atoms with E-state index in [0.29, 0.717) is 25.8 Å². The normalized spacial score (nSPS) is 19.8. The van der Waals surface area contributed by atoms with Gasteiger partial charge in [-0.05, 0) is 19.3 Å². The average Bonchev–Trinajstić information content (AvgIpc) is 2.89. The number of rotatable bonds is 4. The van der Waals surface area contributed by atoms with Crippen molar-refractivity contribution >= 4 is 23.2 Å². The van der Waals surface area contributed by atoms with Gasteiger partial charge in [0, 0.05) is 31.0 Å². The van der Waals surface area contributed by atoms with Gasteiger partial charge in [0.25, 0.3) is 0 Å². The third-order valence-electron chi connectivity index (χ3n) is 3.14. The van der Waals surface area contributed by atoms with Gasteiger partial charge in [-0.15, -0.1) is 11.3 Å². The number of aliphatic carboxylic acids is 1. The van der Waals surface area contributed by atoms with Crippen LogP contribution >= 0.6 is 11.3 Å². The molecule has 1 amide bonds. The Morgan fingerprint density at radius 1 is 1.50 bits per heavy atom. The number of carbonyl (C=O) groups excluding carboxylic acids is 1. The first-order valence-corrected chi connectivity index (χ1v) is 6.97. The van der Waals surface area contributed by atoms with Crippen LogP contribution in [0.1, 0.15) is 30.7 Å². The van der Waals surface area contributed by atoms with Gasteiger partial charge in [0.05, 0.1) is 5.01 Å². The van der Waals surface area contributed by atoms with Gasteiger partial charge in [-0.2, -0.15) is 0 Å². The second-order valence-electron chi connectivity index (χ2n) is 4.36. The molecule has 1 saturated heterocycles. The van der Waals surface area contributed by atoms with E-state index in [0.717, 1.165) is 17.8 Å². The predicted molar refractivity (Wildman–Crippen MR) is 67.4 cm³/mol. The van der Waals surface area contributed by atoms with Crippen molar-refractivity contribution in [2.45, 2.75) is 38.1 Å². The summed E-state index contributed by atoms with van der Waals surface area (Å²) in [7, 11) is 0. The molecule has 18 heavy (non-hydrogen) atoms. The third kappa shape index (κ3) is 3.07. The summed E-state index contributed by atoms with van der Waals surface area (Å²) in [6.07, 6.45) is 5.00. The molecule has 0 unspecified atom stereocenters. The van der Waals surface area contributed by atoms with E-state index in [4.69, 9.17) is 5.11 Å². The highest BCUT2D eigenvalue weighted by Crippen LogP contribution is 2.19. The number of aryl methyl sites for hydroxylation is 1. The summed E-state index contributed by atoms with van der Waals surface area (Å²) in [6, 6.07) is -0.637. The fourth-order valence-electron chi connectivity index (χ4n) is 2.22. The molecule has 1 aliphatic rings. The molecule has 0 aliphatic carbocycles. The third-order valence-corrected chi connectivity index (χ3v) is 3.98. The summed E-state index contributed by atoms with van der Waals surface area (Å²) < 4.78 is 0. The minimum atomic E-state index is -0.891. The van der Waals surface area contributed by atoms with Gasteiger partial charge < -0.3 is 10.0 Å². The minimum absolute atomic E-state index is 0.0719. The lowest BCUT2D eigenvalue weighted by Gasteiger charge is -2.33. The van der Waals surface area contributed by atoms with E-state index >= 15 is 0 Å². The molecule has 1 fully saturated rings. The molecule has 0 saturated carbocycles. The molecule has 2 heterocycles. The van der Waals surface area contributed by atoms with Gasteiger partial charge in [0.1, 0.15) is 6.04 Å².